The molecule has 98 valence electrons. The molecule has 6 heteroatoms. The number of carboxylic acid groups (broad SMARTS) is 1. The van der Waals surface area contributed by atoms with Crippen LogP contribution < -0.4 is 10.6 Å². The molecule has 3 N–H and O–H groups in total. The third kappa shape index (κ3) is 3.22. The van der Waals surface area contributed by atoms with Gasteiger partial charge in [0.15, 0.2) is 0 Å². The Bertz CT molecular complexity index is 444. The number of aryl methyl sites for hydroxylation is 1. The highest BCUT2D eigenvalue weighted by atomic mass is 32.1. The van der Waals surface area contributed by atoms with Crippen molar-refractivity contribution < 1.29 is 14.7 Å². The SMILES string of the molecule is O=C(O)CCNC(=O)NC1CCCc2sccc21. The fourth-order valence-corrected chi connectivity index (χ4v) is 3.12. The van der Waals surface area contributed by atoms with Crippen LogP contribution in [-0.4, -0.2) is 23.7 Å². The molecular weight excluding hydrogens is 252 g/mol. The first-order valence-corrected chi connectivity index (χ1v) is 6.87. The first-order chi connectivity index (χ1) is 8.66. The number of nitrogens with one attached hydrogen (secondary N) is 2. The number of fused-ring (bicyclic) bond motifs is 1. The van der Waals surface area contributed by atoms with E-state index in [0.29, 0.717) is 0 Å². The monoisotopic (exact) mass is 268 g/mol. The van der Waals surface area contributed by atoms with Crippen LogP contribution >= 0.6 is 11.3 Å². The van der Waals surface area contributed by atoms with E-state index in [-0.39, 0.29) is 25.0 Å². The van der Waals surface area contributed by atoms with Crippen molar-refractivity contribution in [2.24, 2.45) is 0 Å². The smallest absolute Gasteiger partial charge is 0.315 e. The van der Waals surface area contributed by atoms with E-state index in [4.69, 9.17) is 5.11 Å². The van der Waals surface area contributed by atoms with Crippen molar-refractivity contribution in [3.05, 3.63) is 21.9 Å². The second-order valence-corrected chi connectivity index (χ2v) is 5.29. The molecule has 18 heavy (non-hydrogen) atoms. The van der Waals surface area contributed by atoms with E-state index in [1.807, 2.05) is 5.38 Å². The van der Waals surface area contributed by atoms with Gasteiger partial charge in [0.05, 0.1) is 12.5 Å². The molecule has 1 aliphatic carbocycles. The van der Waals surface area contributed by atoms with Gasteiger partial charge in [-0.25, -0.2) is 4.79 Å². The number of aliphatic carboxylic acids is 1. The lowest BCUT2D eigenvalue weighted by molar-refractivity contribution is -0.136. The van der Waals surface area contributed by atoms with Crippen LogP contribution in [0.5, 0.6) is 0 Å². The Morgan fingerprint density at radius 1 is 1.50 bits per heavy atom. The summed E-state index contributed by atoms with van der Waals surface area (Å²) in [5, 5.41) is 16.0. The maximum atomic E-state index is 11.6. The van der Waals surface area contributed by atoms with Gasteiger partial charge in [0.1, 0.15) is 0 Å². The minimum Gasteiger partial charge on any atom is -0.481 e. The lowest BCUT2D eigenvalue weighted by atomic mass is 9.94. The standard InChI is InChI=1S/C12H16N2O3S/c15-11(16)4-6-13-12(17)14-9-2-1-3-10-8(9)5-7-18-10/h5,7,9H,1-4,6H2,(H,15,16)(H2,13,14,17). The summed E-state index contributed by atoms with van der Waals surface area (Å²) >= 11 is 1.73. The van der Waals surface area contributed by atoms with Gasteiger partial charge in [-0.05, 0) is 36.3 Å². The summed E-state index contributed by atoms with van der Waals surface area (Å²) in [6, 6.07) is 1.83. The van der Waals surface area contributed by atoms with Crippen LogP contribution in [0.1, 0.15) is 35.7 Å². The lowest BCUT2D eigenvalue weighted by Gasteiger charge is -2.23. The topological polar surface area (TPSA) is 78.4 Å². The Hall–Kier alpha value is -1.56. The van der Waals surface area contributed by atoms with Gasteiger partial charge < -0.3 is 15.7 Å². The maximum absolute atomic E-state index is 11.6. The molecule has 0 fully saturated rings. The van der Waals surface area contributed by atoms with Crippen molar-refractivity contribution in [3.8, 4) is 0 Å². The van der Waals surface area contributed by atoms with Crippen LogP contribution in [0.4, 0.5) is 4.79 Å². The van der Waals surface area contributed by atoms with Gasteiger partial charge in [0.2, 0.25) is 0 Å². The van der Waals surface area contributed by atoms with Crippen molar-refractivity contribution in [3.63, 3.8) is 0 Å². The summed E-state index contributed by atoms with van der Waals surface area (Å²) in [6.07, 6.45) is 3.05. The molecule has 1 atom stereocenters. The van der Waals surface area contributed by atoms with Gasteiger partial charge in [-0.15, -0.1) is 11.3 Å². The van der Waals surface area contributed by atoms with E-state index in [9.17, 15) is 9.59 Å². The number of thiophene rings is 1. The van der Waals surface area contributed by atoms with Crippen molar-refractivity contribution in [1.82, 2.24) is 10.6 Å². The number of hydrogen-bond donors (Lipinski definition) is 3. The van der Waals surface area contributed by atoms with Crippen LogP contribution in [0.15, 0.2) is 11.4 Å². The molecule has 0 saturated heterocycles. The third-order valence-corrected chi connectivity index (χ3v) is 3.98. The van der Waals surface area contributed by atoms with E-state index in [2.05, 4.69) is 16.7 Å². The zero-order chi connectivity index (χ0) is 13.0. The van der Waals surface area contributed by atoms with Gasteiger partial charge in [0, 0.05) is 11.4 Å². The van der Waals surface area contributed by atoms with Gasteiger partial charge in [-0.3, -0.25) is 4.79 Å². The number of carboxylic acids is 1. The second kappa shape index (κ2) is 5.86. The van der Waals surface area contributed by atoms with Crippen LogP contribution in [0.3, 0.4) is 0 Å². The van der Waals surface area contributed by atoms with Gasteiger partial charge in [-0.1, -0.05) is 0 Å². The highest BCUT2D eigenvalue weighted by Gasteiger charge is 2.22. The van der Waals surface area contributed by atoms with Crippen molar-refractivity contribution in [1.29, 1.82) is 0 Å². The van der Waals surface area contributed by atoms with Crippen LogP contribution in [0, 0.1) is 0 Å². The average molecular weight is 268 g/mol. The first-order valence-electron chi connectivity index (χ1n) is 5.99. The summed E-state index contributed by atoms with van der Waals surface area (Å²) in [7, 11) is 0. The molecular formula is C12H16N2O3S. The van der Waals surface area contributed by atoms with Crippen molar-refractivity contribution >= 4 is 23.3 Å². The minimum absolute atomic E-state index is 0.0538. The van der Waals surface area contributed by atoms with E-state index in [1.165, 1.54) is 10.4 Å². The fraction of sp³-hybridized carbons (Fsp3) is 0.500. The molecule has 1 aromatic rings. The Morgan fingerprint density at radius 3 is 3.11 bits per heavy atom. The number of amides is 2. The number of rotatable bonds is 4. The molecule has 0 aromatic carbocycles. The van der Waals surface area contributed by atoms with Crippen LogP contribution in [0.25, 0.3) is 0 Å². The molecule has 2 rings (SSSR count). The Kier molecular flexibility index (Phi) is 4.19. The van der Waals surface area contributed by atoms with E-state index >= 15 is 0 Å². The van der Waals surface area contributed by atoms with E-state index in [0.717, 1.165) is 19.3 Å². The van der Waals surface area contributed by atoms with E-state index < -0.39 is 5.97 Å². The Balaban J connectivity index is 1.84. The fourth-order valence-electron chi connectivity index (χ4n) is 2.13. The van der Waals surface area contributed by atoms with Crippen LogP contribution in [-0.2, 0) is 11.2 Å². The molecule has 0 bridgehead atoms. The van der Waals surface area contributed by atoms with Gasteiger partial charge in [0.25, 0.3) is 0 Å². The number of urea groups is 1. The normalized spacial score (nSPS) is 17.9. The molecule has 2 amide bonds. The van der Waals surface area contributed by atoms with Crippen molar-refractivity contribution in [2.75, 3.05) is 6.54 Å². The third-order valence-electron chi connectivity index (χ3n) is 2.98. The summed E-state index contributed by atoms with van der Waals surface area (Å²) < 4.78 is 0. The summed E-state index contributed by atoms with van der Waals surface area (Å²) in [5.41, 5.74) is 1.21. The Morgan fingerprint density at radius 2 is 2.33 bits per heavy atom. The zero-order valence-electron chi connectivity index (χ0n) is 9.94. The maximum Gasteiger partial charge on any atom is 0.315 e. The highest BCUT2D eigenvalue weighted by Crippen LogP contribution is 2.32. The molecule has 5 nitrogen and oxygen atoms in total. The molecule has 0 radical (unpaired) electrons. The number of carbonyl (C=O) groups excluding carboxylic acids is 1. The molecule has 1 aromatic heterocycles. The Labute approximate surface area is 109 Å². The van der Waals surface area contributed by atoms with Gasteiger partial charge >= 0.3 is 12.0 Å². The summed E-state index contributed by atoms with van der Waals surface area (Å²) in [4.78, 5) is 23.3. The van der Waals surface area contributed by atoms with Crippen molar-refractivity contribution in [2.45, 2.75) is 31.7 Å². The number of carbonyl (C=O) groups is 2. The zero-order valence-corrected chi connectivity index (χ0v) is 10.8. The highest BCUT2D eigenvalue weighted by molar-refractivity contribution is 7.10. The first kappa shape index (κ1) is 12.9. The molecule has 1 heterocycles. The quantitative estimate of drug-likeness (QED) is 0.780. The second-order valence-electron chi connectivity index (χ2n) is 4.29. The predicted octanol–water partition coefficient (Wildman–Crippen LogP) is 1.90. The lowest BCUT2D eigenvalue weighted by Crippen LogP contribution is -2.39. The molecule has 1 aliphatic rings. The summed E-state index contributed by atoms with van der Waals surface area (Å²) in [6.45, 7) is 0.157. The number of hydrogen-bond acceptors (Lipinski definition) is 3. The molecule has 0 saturated carbocycles. The van der Waals surface area contributed by atoms with Crippen LogP contribution in [0.2, 0.25) is 0 Å². The largest absolute Gasteiger partial charge is 0.481 e. The molecule has 0 spiro atoms. The minimum atomic E-state index is -0.909. The predicted molar refractivity (Wildman–Crippen MR) is 68.8 cm³/mol. The summed E-state index contributed by atoms with van der Waals surface area (Å²) in [5.74, 6) is -0.909. The molecule has 1 unspecified atom stereocenters. The van der Waals surface area contributed by atoms with E-state index in [1.54, 1.807) is 11.3 Å². The molecule has 0 aliphatic heterocycles. The van der Waals surface area contributed by atoms with Gasteiger partial charge in [-0.2, -0.15) is 0 Å². The average Bonchev–Trinajstić information content (AvgIpc) is 2.77.